The standard InChI is InChI=1S/C47H90N4O7/c1-6-8-10-12-14-16-18-20-21-22-23-25-27-29-31-33-40(53)51(34-32-30-28-26-24-19-17-15-13-11-9-7-2)47(50)41(43(55)42(54)39(36-52)58-47)45(57)46(49,35-37(3)4)44(56)38(5)48/h20-21,37-39,41-43,52,54-55H,6-19,22-36,48-50H2,1-5H3/b21-20-/t38-,39+,41-,42+,43+,46+,47-/m0/s1. The molecule has 0 bridgehead atoms. The Bertz CT molecular complexity index is 1140. The molecule has 0 aromatic rings. The molecule has 1 amide bonds. The highest BCUT2D eigenvalue weighted by Crippen LogP contribution is 2.39. The van der Waals surface area contributed by atoms with Crippen molar-refractivity contribution in [3.05, 3.63) is 12.2 Å². The molecule has 0 radical (unpaired) electrons. The van der Waals surface area contributed by atoms with Gasteiger partial charge in [0.25, 0.3) is 0 Å². The predicted molar refractivity (Wildman–Crippen MR) is 237 cm³/mol. The van der Waals surface area contributed by atoms with E-state index in [4.69, 9.17) is 21.9 Å². The van der Waals surface area contributed by atoms with Gasteiger partial charge in [0, 0.05) is 13.0 Å². The minimum absolute atomic E-state index is 0.0906. The second kappa shape index (κ2) is 31.2. The van der Waals surface area contributed by atoms with E-state index in [1.165, 1.54) is 95.3 Å². The van der Waals surface area contributed by atoms with E-state index < -0.39 is 59.8 Å². The summed E-state index contributed by atoms with van der Waals surface area (Å²) in [7, 11) is 0. The molecule has 0 aromatic carbocycles. The summed E-state index contributed by atoms with van der Waals surface area (Å²) in [4.78, 5) is 43.8. The van der Waals surface area contributed by atoms with E-state index in [1.807, 2.05) is 0 Å². The molecule has 1 aliphatic rings. The average Bonchev–Trinajstić information content (AvgIpc) is 3.18. The molecule has 0 unspecified atom stereocenters. The van der Waals surface area contributed by atoms with Crippen molar-refractivity contribution >= 4 is 17.5 Å². The second-order valence-electron chi connectivity index (χ2n) is 17.9. The summed E-state index contributed by atoms with van der Waals surface area (Å²) in [6.45, 7) is 8.94. The molecular formula is C47H90N4O7. The van der Waals surface area contributed by atoms with Crippen LogP contribution in [0.15, 0.2) is 12.2 Å². The maximum absolute atomic E-state index is 14.6. The van der Waals surface area contributed by atoms with Gasteiger partial charge < -0.3 is 36.4 Å². The lowest BCUT2D eigenvalue weighted by Crippen LogP contribution is -2.78. The van der Waals surface area contributed by atoms with Crippen LogP contribution in [0.3, 0.4) is 0 Å². The maximum atomic E-state index is 14.6. The summed E-state index contributed by atoms with van der Waals surface area (Å²) in [5.74, 6) is -6.33. The fraction of sp³-hybridized carbons (Fsp3) is 0.894. The highest BCUT2D eigenvalue weighted by Gasteiger charge is 2.62. The number of hydrogen-bond donors (Lipinski definition) is 6. The van der Waals surface area contributed by atoms with Crippen molar-refractivity contribution in [3.63, 3.8) is 0 Å². The lowest BCUT2D eigenvalue weighted by Gasteiger charge is -2.54. The molecule has 0 aromatic heterocycles. The predicted octanol–water partition coefficient (Wildman–Crippen LogP) is 8.12. The van der Waals surface area contributed by atoms with Crippen LogP contribution in [0.1, 0.15) is 208 Å². The van der Waals surface area contributed by atoms with E-state index >= 15 is 0 Å². The quantitative estimate of drug-likeness (QED) is 0.0155. The van der Waals surface area contributed by atoms with Crippen LogP contribution in [-0.4, -0.2) is 86.6 Å². The number of ether oxygens (including phenoxy) is 1. The maximum Gasteiger partial charge on any atom is 0.225 e. The Hall–Kier alpha value is -1.73. The lowest BCUT2D eigenvalue weighted by atomic mass is 9.70. The fourth-order valence-corrected chi connectivity index (χ4v) is 8.50. The fourth-order valence-electron chi connectivity index (χ4n) is 8.50. The Kier molecular flexibility index (Phi) is 29.2. The van der Waals surface area contributed by atoms with Gasteiger partial charge in [-0.15, -0.1) is 0 Å². The van der Waals surface area contributed by atoms with Crippen molar-refractivity contribution in [3.8, 4) is 0 Å². The number of carbonyl (C=O) groups excluding carboxylic acids is 3. The molecule has 1 fully saturated rings. The summed E-state index contributed by atoms with van der Waals surface area (Å²) < 4.78 is 6.15. The number of rotatable bonds is 36. The molecule has 9 N–H and O–H groups in total. The number of carbonyl (C=O) groups is 3. The van der Waals surface area contributed by atoms with Gasteiger partial charge in [0.1, 0.15) is 23.7 Å². The van der Waals surface area contributed by atoms with E-state index in [-0.39, 0.29) is 31.2 Å². The van der Waals surface area contributed by atoms with Crippen LogP contribution in [0.4, 0.5) is 0 Å². The minimum Gasteiger partial charge on any atom is -0.394 e. The SMILES string of the molecule is CCCCCCCC/C=C\CCCCCCCC(=O)N(CCCCCCCCCCCCCC)[C@]1(N)O[C@H](CO)[C@@H](O)[C@H](O)[C@H]1C(=O)[C@@](N)(CC(C)C)C(=O)[C@H](C)N. The van der Waals surface area contributed by atoms with Crippen LogP contribution in [0, 0.1) is 11.8 Å². The van der Waals surface area contributed by atoms with Crippen LogP contribution in [0.5, 0.6) is 0 Å². The highest BCUT2D eigenvalue weighted by atomic mass is 16.6. The molecule has 0 spiro atoms. The van der Waals surface area contributed by atoms with Crippen molar-refractivity contribution in [2.24, 2.45) is 29.0 Å². The van der Waals surface area contributed by atoms with Crippen molar-refractivity contribution in [2.45, 2.75) is 244 Å². The lowest BCUT2D eigenvalue weighted by molar-refractivity contribution is -0.292. The van der Waals surface area contributed by atoms with E-state index in [0.29, 0.717) is 12.8 Å². The van der Waals surface area contributed by atoms with E-state index in [2.05, 4.69) is 26.0 Å². The largest absolute Gasteiger partial charge is 0.394 e. The van der Waals surface area contributed by atoms with Gasteiger partial charge in [-0.3, -0.25) is 20.1 Å². The number of nitrogens with zero attached hydrogens (tertiary/aromatic N) is 1. The molecule has 1 aliphatic heterocycles. The Morgan fingerprint density at radius 2 is 1.14 bits per heavy atom. The molecule has 0 aliphatic carbocycles. The van der Waals surface area contributed by atoms with Crippen LogP contribution in [-0.2, 0) is 19.1 Å². The average molecular weight is 823 g/mol. The van der Waals surface area contributed by atoms with Crippen LogP contribution < -0.4 is 17.2 Å². The third-order valence-corrected chi connectivity index (χ3v) is 12.0. The number of aliphatic hydroxyl groups excluding tert-OH is 3. The number of unbranched alkanes of at least 4 members (excludes halogenated alkanes) is 22. The molecule has 11 heteroatoms. The van der Waals surface area contributed by atoms with Crippen molar-refractivity contribution in [2.75, 3.05) is 13.2 Å². The van der Waals surface area contributed by atoms with Crippen LogP contribution in [0.25, 0.3) is 0 Å². The Morgan fingerprint density at radius 3 is 1.57 bits per heavy atom. The molecule has 7 atom stereocenters. The summed E-state index contributed by atoms with van der Waals surface area (Å²) in [5.41, 5.74) is 17.5. The second-order valence-corrected chi connectivity index (χ2v) is 17.9. The van der Waals surface area contributed by atoms with Crippen LogP contribution in [0.2, 0.25) is 0 Å². The topological polar surface area (TPSA) is 202 Å². The molecular weight excluding hydrogens is 733 g/mol. The highest BCUT2D eigenvalue weighted by molar-refractivity contribution is 6.14. The van der Waals surface area contributed by atoms with Crippen molar-refractivity contribution in [1.29, 1.82) is 0 Å². The number of allylic oxidation sites excluding steroid dienone is 2. The monoisotopic (exact) mass is 823 g/mol. The number of nitrogens with two attached hydrogens (primary N) is 3. The first-order valence-electron chi connectivity index (χ1n) is 23.7. The van der Waals surface area contributed by atoms with Gasteiger partial charge in [0.05, 0.1) is 18.8 Å². The summed E-state index contributed by atoms with van der Waals surface area (Å²) in [5, 5.41) is 32.8. The normalized spacial score (nSPS) is 22.7. The zero-order valence-corrected chi connectivity index (χ0v) is 37.8. The molecule has 0 saturated carbocycles. The van der Waals surface area contributed by atoms with Gasteiger partial charge in [0.15, 0.2) is 11.6 Å². The molecule has 58 heavy (non-hydrogen) atoms. The van der Waals surface area contributed by atoms with Gasteiger partial charge in [0.2, 0.25) is 11.8 Å². The Morgan fingerprint density at radius 1 is 0.707 bits per heavy atom. The molecule has 340 valence electrons. The Balaban J connectivity index is 3.08. The third-order valence-electron chi connectivity index (χ3n) is 12.0. The third kappa shape index (κ3) is 19.3. The number of ketones is 2. The summed E-state index contributed by atoms with van der Waals surface area (Å²) in [6.07, 6.45) is 27.7. The molecule has 1 rings (SSSR count). The molecule has 11 nitrogen and oxygen atoms in total. The first-order valence-corrected chi connectivity index (χ1v) is 23.7. The van der Waals surface area contributed by atoms with Crippen LogP contribution >= 0.6 is 0 Å². The van der Waals surface area contributed by atoms with E-state index in [9.17, 15) is 29.7 Å². The van der Waals surface area contributed by atoms with Crippen molar-refractivity contribution < 1.29 is 34.4 Å². The van der Waals surface area contributed by atoms with Gasteiger partial charge >= 0.3 is 0 Å². The van der Waals surface area contributed by atoms with Gasteiger partial charge in [-0.05, 0) is 57.8 Å². The van der Waals surface area contributed by atoms with E-state index in [1.54, 1.807) is 13.8 Å². The number of hydrogen-bond acceptors (Lipinski definition) is 10. The number of Topliss-reactive ketones (excluding diaryl/α,β-unsaturated/α-hetero) is 2. The zero-order valence-electron chi connectivity index (χ0n) is 37.8. The van der Waals surface area contributed by atoms with Gasteiger partial charge in [-0.2, -0.15) is 0 Å². The minimum atomic E-state index is -2.29. The zero-order chi connectivity index (χ0) is 43.4. The first-order chi connectivity index (χ1) is 27.7. The number of aliphatic hydroxyl groups is 3. The number of amides is 1. The van der Waals surface area contributed by atoms with Gasteiger partial charge in [-0.25, -0.2) is 0 Å². The van der Waals surface area contributed by atoms with Gasteiger partial charge in [-0.1, -0.05) is 162 Å². The first kappa shape index (κ1) is 54.3. The smallest absolute Gasteiger partial charge is 0.225 e. The Labute approximate surface area is 354 Å². The molecule has 1 saturated heterocycles. The molecule has 1 heterocycles. The van der Waals surface area contributed by atoms with E-state index in [0.717, 1.165) is 64.2 Å². The summed E-state index contributed by atoms with van der Waals surface area (Å²) >= 11 is 0. The summed E-state index contributed by atoms with van der Waals surface area (Å²) in [6, 6.07) is -1.10. The van der Waals surface area contributed by atoms with Crippen molar-refractivity contribution in [1.82, 2.24) is 4.90 Å².